The lowest BCUT2D eigenvalue weighted by atomic mass is 10.1. The van der Waals surface area contributed by atoms with Crippen molar-refractivity contribution in [2.24, 2.45) is 0 Å². The lowest BCUT2D eigenvalue weighted by Crippen LogP contribution is -2.31. The molecular weight excluding hydrogens is 331 g/mol. The van der Waals surface area contributed by atoms with E-state index in [9.17, 15) is 12.8 Å². The van der Waals surface area contributed by atoms with Crippen molar-refractivity contribution in [2.75, 3.05) is 18.9 Å². The summed E-state index contributed by atoms with van der Waals surface area (Å²) in [5.74, 6) is 0.781. The smallest absolute Gasteiger partial charge is 0.243 e. The maximum atomic E-state index is 13.1. The third-order valence-corrected chi connectivity index (χ3v) is 6.00. The van der Waals surface area contributed by atoms with Gasteiger partial charge in [0.25, 0.3) is 0 Å². The average molecular weight is 350 g/mol. The van der Waals surface area contributed by atoms with E-state index >= 15 is 0 Å². The Kier molecular flexibility index (Phi) is 4.51. The van der Waals surface area contributed by atoms with Gasteiger partial charge >= 0.3 is 0 Å². The molecule has 0 amide bonds. The molecule has 6 nitrogen and oxygen atoms in total. The monoisotopic (exact) mass is 350 g/mol. The van der Waals surface area contributed by atoms with Gasteiger partial charge in [0, 0.05) is 19.7 Å². The lowest BCUT2D eigenvalue weighted by molar-refractivity contribution is 0.389. The van der Waals surface area contributed by atoms with Crippen LogP contribution in [-0.4, -0.2) is 36.3 Å². The van der Waals surface area contributed by atoms with Gasteiger partial charge in [-0.1, -0.05) is 0 Å². The predicted molar refractivity (Wildman–Crippen MR) is 88.6 cm³/mol. The number of nitrogens with zero attached hydrogens (tertiary/aromatic N) is 3. The van der Waals surface area contributed by atoms with Crippen LogP contribution in [0.3, 0.4) is 0 Å². The number of sulfonamides is 1. The summed E-state index contributed by atoms with van der Waals surface area (Å²) in [6, 6.07) is 6.34. The fourth-order valence-electron chi connectivity index (χ4n) is 2.95. The quantitative estimate of drug-likeness (QED) is 0.917. The zero-order chi connectivity index (χ0) is 17.3. The van der Waals surface area contributed by atoms with E-state index in [-0.39, 0.29) is 10.9 Å². The highest BCUT2D eigenvalue weighted by molar-refractivity contribution is 7.89. The normalized spacial score (nSPS) is 18.7. The summed E-state index contributed by atoms with van der Waals surface area (Å²) in [5, 5.41) is 2.96. The van der Waals surface area contributed by atoms with Crippen LogP contribution in [0.5, 0.6) is 0 Å². The van der Waals surface area contributed by atoms with Crippen molar-refractivity contribution in [3.8, 4) is 0 Å². The molecule has 8 heteroatoms. The van der Waals surface area contributed by atoms with E-state index in [1.54, 1.807) is 20.0 Å². The molecule has 24 heavy (non-hydrogen) atoms. The van der Waals surface area contributed by atoms with Gasteiger partial charge in [-0.05, 0) is 44.0 Å². The summed E-state index contributed by atoms with van der Waals surface area (Å²) in [5.41, 5.74) is 0.676. The molecule has 1 N–H and O–H groups in total. The topological polar surface area (TPSA) is 75.2 Å². The third-order valence-electron chi connectivity index (χ3n) is 4.08. The summed E-state index contributed by atoms with van der Waals surface area (Å²) in [7, 11) is -1.94. The Bertz CT molecular complexity index is 840. The highest BCUT2D eigenvalue weighted by atomic mass is 32.2. The fourth-order valence-corrected chi connectivity index (χ4v) is 4.62. The molecule has 1 saturated heterocycles. The Balaban J connectivity index is 1.98. The Morgan fingerprint density at radius 3 is 2.62 bits per heavy atom. The standard InChI is InChI=1S/C16H19FN4O2S/c1-11-19-14(10-16(18-2)20-11)15-4-3-9-21(15)24(22,23)13-7-5-12(17)6-8-13/h5-8,10,15H,3-4,9H2,1-2H3,(H,18,19,20)/t15-/m1/s1. The number of anilines is 1. The first-order valence-corrected chi connectivity index (χ1v) is 9.16. The van der Waals surface area contributed by atoms with Gasteiger partial charge in [0.2, 0.25) is 10.0 Å². The van der Waals surface area contributed by atoms with E-state index in [1.165, 1.54) is 16.4 Å². The van der Waals surface area contributed by atoms with Gasteiger partial charge in [0.15, 0.2) is 0 Å². The van der Waals surface area contributed by atoms with Gasteiger partial charge in [0.05, 0.1) is 16.6 Å². The second kappa shape index (κ2) is 6.45. The van der Waals surface area contributed by atoms with Crippen LogP contribution in [0.15, 0.2) is 35.2 Å². The molecule has 0 unspecified atom stereocenters. The number of hydrogen-bond donors (Lipinski definition) is 1. The van der Waals surface area contributed by atoms with Crippen LogP contribution < -0.4 is 5.32 Å². The van der Waals surface area contributed by atoms with Gasteiger partial charge < -0.3 is 5.32 Å². The largest absolute Gasteiger partial charge is 0.373 e. The summed E-state index contributed by atoms with van der Waals surface area (Å²) >= 11 is 0. The Hall–Kier alpha value is -2.06. The van der Waals surface area contributed by atoms with Crippen molar-refractivity contribution in [1.82, 2.24) is 14.3 Å². The number of halogens is 1. The molecule has 0 aliphatic carbocycles. The molecule has 128 valence electrons. The van der Waals surface area contributed by atoms with E-state index in [0.29, 0.717) is 30.3 Å². The second-order valence-corrected chi connectivity index (χ2v) is 7.59. The summed E-state index contributed by atoms with van der Waals surface area (Å²) in [4.78, 5) is 8.76. The number of benzene rings is 1. The molecule has 0 bridgehead atoms. The Labute approximate surface area is 140 Å². The molecule has 2 heterocycles. The number of aromatic nitrogens is 2. The van der Waals surface area contributed by atoms with Crippen LogP contribution in [0, 0.1) is 12.7 Å². The van der Waals surface area contributed by atoms with Crippen LogP contribution in [0.2, 0.25) is 0 Å². The summed E-state index contributed by atoms with van der Waals surface area (Å²) < 4.78 is 40.4. The maximum Gasteiger partial charge on any atom is 0.243 e. The molecule has 0 spiro atoms. The first-order chi connectivity index (χ1) is 11.4. The van der Waals surface area contributed by atoms with Gasteiger partial charge in [0.1, 0.15) is 17.5 Å². The van der Waals surface area contributed by atoms with Gasteiger partial charge in [-0.2, -0.15) is 4.31 Å². The number of aryl methyl sites for hydroxylation is 1. The molecule has 1 aliphatic heterocycles. The summed E-state index contributed by atoms with van der Waals surface area (Å²) in [6.45, 7) is 2.19. The average Bonchev–Trinajstić information content (AvgIpc) is 3.05. The molecule has 2 aromatic rings. The van der Waals surface area contributed by atoms with Crippen molar-refractivity contribution < 1.29 is 12.8 Å². The second-order valence-electron chi connectivity index (χ2n) is 5.70. The molecule has 1 atom stereocenters. The zero-order valence-corrected chi connectivity index (χ0v) is 14.3. The van der Waals surface area contributed by atoms with Crippen molar-refractivity contribution >= 4 is 15.8 Å². The molecule has 1 aliphatic rings. The van der Waals surface area contributed by atoms with Crippen molar-refractivity contribution in [3.63, 3.8) is 0 Å². The Morgan fingerprint density at radius 1 is 1.25 bits per heavy atom. The van der Waals surface area contributed by atoms with Crippen molar-refractivity contribution in [3.05, 3.63) is 47.7 Å². The van der Waals surface area contributed by atoms with E-state index < -0.39 is 15.8 Å². The molecule has 1 fully saturated rings. The number of hydrogen-bond acceptors (Lipinski definition) is 5. The van der Waals surface area contributed by atoms with E-state index in [1.807, 2.05) is 0 Å². The van der Waals surface area contributed by atoms with Crippen LogP contribution in [0.25, 0.3) is 0 Å². The maximum absolute atomic E-state index is 13.1. The van der Waals surface area contributed by atoms with Crippen LogP contribution in [0.4, 0.5) is 10.2 Å². The van der Waals surface area contributed by atoms with E-state index in [2.05, 4.69) is 15.3 Å². The molecule has 0 saturated carbocycles. The minimum absolute atomic E-state index is 0.0930. The van der Waals surface area contributed by atoms with Crippen molar-refractivity contribution in [2.45, 2.75) is 30.7 Å². The van der Waals surface area contributed by atoms with Gasteiger partial charge in [-0.3, -0.25) is 0 Å². The van der Waals surface area contributed by atoms with Crippen LogP contribution in [-0.2, 0) is 10.0 Å². The SMILES string of the molecule is CNc1cc([C@H]2CCCN2S(=O)(=O)c2ccc(F)cc2)nc(C)n1. The third kappa shape index (κ3) is 3.11. The van der Waals surface area contributed by atoms with Gasteiger partial charge in [-0.15, -0.1) is 0 Å². The molecule has 1 aromatic carbocycles. The first-order valence-electron chi connectivity index (χ1n) is 7.72. The fraction of sp³-hybridized carbons (Fsp3) is 0.375. The van der Waals surface area contributed by atoms with Crippen LogP contribution in [0.1, 0.15) is 30.4 Å². The van der Waals surface area contributed by atoms with Crippen molar-refractivity contribution in [1.29, 1.82) is 0 Å². The molecule has 1 aromatic heterocycles. The molecular formula is C16H19FN4O2S. The highest BCUT2D eigenvalue weighted by Gasteiger charge is 2.37. The minimum Gasteiger partial charge on any atom is -0.373 e. The van der Waals surface area contributed by atoms with Crippen LogP contribution >= 0.6 is 0 Å². The molecule has 0 radical (unpaired) electrons. The molecule has 3 rings (SSSR count). The lowest BCUT2D eigenvalue weighted by Gasteiger charge is -2.24. The van der Waals surface area contributed by atoms with Gasteiger partial charge in [-0.25, -0.2) is 22.8 Å². The number of rotatable bonds is 4. The Morgan fingerprint density at radius 2 is 1.96 bits per heavy atom. The number of nitrogens with one attached hydrogen (secondary N) is 1. The first kappa shape index (κ1) is 16.8. The van der Waals surface area contributed by atoms with E-state index in [0.717, 1.165) is 18.6 Å². The zero-order valence-electron chi connectivity index (χ0n) is 13.5. The summed E-state index contributed by atoms with van der Waals surface area (Å²) in [6.07, 6.45) is 1.45. The van der Waals surface area contributed by atoms with E-state index in [4.69, 9.17) is 0 Å². The highest BCUT2D eigenvalue weighted by Crippen LogP contribution is 2.36. The minimum atomic E-state index is -3.70. The predicted octanol–water partition coefficient (Wildman–Crippen LogP) is 2.49.